The maximum absolute atomic E-state index is 14.2. The molecule has 2 aliphatic rings. The second kappa shape index (κ2) is 6.15. The molecule has 21 heavy (non-hydrogen) atoms. The lowest BCUT2D eigenvalue weighted by molar-refractivity contribution is 0.0496. The third kappa shape index (κ3) is 2.86. The molecule has 0 aromatic heterocycles. The van der Waals surface area contributed by atoms with Gasteiger partial charge in [0.05, 0.1) is 25.5 Å². The van der Waals surface area contributed by atoms with Gasteiger partial charge in [0, 0.05) is 24.2 Å². The molecule has 1 aromatic carbocycles. The first kappa shape index (κ1) is 13.9. The summed E-state index contributed by atoms with van der Waals surface area (Å²) in [4.78, 5) is 2.17. The fourth-order valence-electron chi connectivity index (χ4n) is 2.43. The number of aliphatic hydroxyl groups is 1. The van der Waals surface area contributed by atoms with Gasteiger partial charge in [-0.1, -0.05) is 12.1 Å². The molecule has 0 amide bonds. The van der Waals surface area contributed by atoms with Crippen LogP contribution in [-0.2, 0) is 11.3 Å². The maximum Gasteiger partial charge on any atom is 0.138 e. The normalized spacial score (nSPS) is 18.5. The first-order valence-electron chi connectivity index (χ1n) is 6.95. The van der Waals surface area contributed by atoms with E-state index in [1.165, 1.54) is 0 Å². The minimum absolute atomic E-state index is 0.290. The van der Waals surface area contributed by atoms with Gasteiger partial charge >= 0.3 is 0 Å². The van der Waals surface area contributed by atoms with E-state index < -0.39 is 5.82 Å². The molecular formula is C15H18FN3O2. The number of nitrogens with zero attached hydrogens (tertiary/aromatic N) is 1. The van der Waals surface area contributed by atoms with Crippen LogP contribution in [0.25, 0.3) is 5.70 Å². The number of nitrogens with one attached hydrogen (secondary N) is 2. The lowest BCUT2D eigenvalue weighted by Gasteiger charge is -2.33. The van der Waals surface area contributed by atoms with Crippen LogP contribution in [0.3, 0.4) is 0 Å². The molecule has 1 saturated heterocycles. The predicted molar refractivity (Wildman–Crippen MR) is 77.0 cm³/mol. The highest BCUT2D eigenvalue weighted by atomic mass is 19.1. The van der Waals surface area contributed by atoms with Gasteiger partial charge in [-0.2, -0.15) is 0 Å². The molecule has 0 saturated carbocycles. The van der Waals surface area contributed by atoms with Crippen LogP contribution in [-0.4, -0.2) is 36.3 Å². The van der Waals surface area contributed by atoms with E-state index in [2.05, 4.69) is 15.8 Å². The quantitative estimate of drug-likeness (QED) is 0.774. The molecule has 2 aliphatic heterocycles. The number of hydrogen-bond acceptors (Lipinski definition) is 5. The molecule has 112 valence electrons. The molecule has 1 aromatic rings. The van der Waals surface area contributed by atoms with Crippen molar-refractivity contribution in [3.63, 3.8) is 0 Å². The Kier molecular flexibility index (Phi) is 4.08. The lowest BCUT2D eigenvalue weighted by Crippen LogP contribution is -2.45. The van der Waals surface area contributed by atoms with Crippen molar-refractivity contribution in [3.05, 3.63) is 53.1 Å². The zero-order valence-electron chi connectivity index (χ0n) is 11.6. The van der Waals surface area contributed by atoms with Gasteiger partial charge in [0.1, 0.15) is 11.6 Å². The number of morpholine rings is 1. The monoisotopic (exact) mass is 291 g/mol. The molecule has 0 radical (unpaired) electrons. The summed E-state index contributed by atoms with van der Waals surface area (Å²) in [7, 11) is 0. The Balaban J connectivity index is 1.82. The summed E-state index contributed by atoms with van der Waals surface area (Å²) in [5.41, 5.74) is 7.46. The van der Waals surface area contributed by atoms with Gasteiger partial charge in [-0.25, -0.2) is 4.39 Å². The molecule has 3 rings (SSSR count). The topological polar surface area (TPSA) is 56.8 Å². The van der Waals surface area contributed by atoms with Crippen LogP contribution in [0.15, 0.2) is 36.2 Å². The van der Waals surface area contributed by atoms with E-state index in [0.717, 1.165) is 18.9 Å². The van der Waals surface area contributed by atoms with Gasteiger partial charge in [0.25, 0.3) is 0 Å². The van der Waals surface area contributed by atoms with Crippen molar-refractivity contribution >= 4 is 5.70 Å². The molecular weight excluding hydrogens is 273 g/mol. The second-order valence-corrected chi connectivity index (χ2v) is 4.92. The van der Waals surface area contributed by atoms with Crippen LogP contribution in [0.2, 0.25) is 0 Å². The van der Waals surface area contributed by atoms with Crippen molar-refractivity contribution in [2.24, 2.45) is 0 Å². The van der Waals surface area contributed by atoms with E-state index in [9.17, 15) is 4.39 Å². The van der Waals surface area contributed by atoms with Crippen LogP contribution < -0.4 is 10.9 Å². The SMILES string of the molecule is OCc1cccc(C2=CC=C(N3CCOCC3)NN2)c1F. The minimum Gasteiger partial charge on any atom is -0.392 e. The first-order chi connectivity index (χ1) is 10.3. The summed E-state index contributed by atoms with van der Waals surface area (Å²) in [5, 5.41) is 9.13. The highest BCUT2D eigenvalue weighted by molar-refractivity contribution is 5.67. The number of benzene rings is 1. The molecule has 0 unspecified atom stereocenters. The number of aliphatic hydroxyl groups excluding tert-OH is 1. The van der Waals surface area contributed by atoms with Crippen molar-refractivity contribution in [1.29, 1.82) is 0 Å². The van der Waals surface area contributed by atoms with Crippen molar-refractivity contribution in [2.45, 2.75) is 6.61 Å². The average Bonchev–Trinajstić information content (AvgIpc) is 2.56. The number of hydrazine groups is 1. The number of hydrogen-bond donors (Lipinski definition) is 3. The van der Waals surface area contributed by atoms with E-state index in [1.807, 2.05) is 12.2 Å². The van der Waals surface area contributed by atoms with Crippen molar-refractivity contribution in [2.75, 3.05) is 26.3 Å². The molecule has 0 bridgehead atoms. The summed E-state index contributed by atoms with van der Waals surface area (Å²) in [6, 6.07) is 4.99. The predicted octanol–water partition coefficient (Wildman–Crippen LogP) is 0.940. The van der Waals surface area contributed by atoms with Crippen LogP contribution in [0.5, 0.6) is 0 Å². The Bertz CT molecular complexity index is 580. The number of allylic oxidation sites excluding steroid dienone is 2. The Morgan fingerprint density at radius 1 is 1.19 bits per heavy atom. The number of halogens is 1. The highest BCUT2D eigenvalue weighted by Crippen LogP contribution is 2.21. The summed E-state index contributed by atoms with van der Waals surface area (Å²) < 4.78 is 19.5. The van der Waals surface area contributed by atoms with Crippen molar-refractivity contribution < 1.29 is 14.2 Å². The fourth-order valence-corrected chi connectivity index (χ4v) is 2.43. The van der Waals surface area contributed by atoms with Crippen molar-refractivity contribution in [3.8, 4) is 0 Å². The largest absolute Gasteiger partial charge is 0.392 e. The number of ether oxygens (including phenoxy) is 1. The zero-order chi connectivity index (χ0) is 14.7. The van der Waals surface area contributed by atoms with Crippen LogP contribution in [0.4, 0.5) is 4.39 Å². The minimum atomic E-state index is -0.399. The second-order valence-electron chi connectivity index (χ2n) is 4.92. The third-order valence-electron chi connectivity index (χ3n) is 3.62. The average molecular weight is 291 g/mol. The maximum atomic E-state index is 14.2. The summed E-state index contributed by atoms with van der Waals surface area (Å²) in [5.74, 6) is 0.546. The van der Waals surface area contributed by atoms with Crippen molar-refractivity contribution in [1.82, 2.24) is 15.8 Å². The van der Waals surface area contributed by atoms with Gasteiger partial charge in [-0.3, -0.25) is 10.9 Å². The van der Waals surface area contributed by atoms with Gasteiger partial charge in [-0.15, -0.1) is 0 Å². The summed E-state index contributed by atoms with van der Waals surface area (Å²) in [6.45, 7) is 2.77. The van der Waals surface area contributed by atoms with Gasteiger partial charge in [0.2, 0.25) is 0 Å². The molecule has 0 spiro atoms. The van der Waals surface area contributed by atoms with Crippen LogP contribution in [0, 0.1) is 5.82 Å². The summed E-state index contributed by atoms with van der Waals surface area (Å²) in [6.07, 6.45) is 3.75. The molecule has 3 N–H and O–H groups in total. The van der Waals surface area contributed by atoms with E-state index in [0.29, 0.717) is 24.5 Å². The van der Waals surface area contributed by atoms with E-state index >= 15 is 0 Å². The Labute approximate surface area is 122 Å². The van der Waals surface area contributed by atoms with Gasteiger partial charge in [-0.05, 0) is 18.2 Å². The molecule has 0 aliphatic carbocycles. The number of rotatable bonds is 3. The Morgan fingerprint density at radius 2 is 2.00 bits per heavy atom. The van der Waals surface area contributed by atoms with Crippen LogP contribution in [0.1, 0.15) is 11.1 Å². The standard InChI is InChI=1S/C15H18FN3O2/c16-15-11(10-20)2-1-3-12(15)13-4-5-14(18-17-13)19-6-8-21-9-7-19/h1-5,17-18,20H,6-10H2. The van der Waals surface area contributed by atoms with Gasteiger partial charge in [0.15, 0.2) is 0 Å². The smallest absolute Gasteiger partial charge is 0.138 e. The Hall–Kier alpha value is -2.05. The third-order valence-corrected chi connectivity index (χ3v) is 3.62. The van der Waals surface area contributed by atoms with E-state index in [4.69, 9.17) is 9.84 Å². The first-order valence-corrected chi connectivity index (χ1v) is 6.95. The fraction of sp³-hybridized carbons (Fsp3) is 0.333. The van der Waals surface area contributed by atoms with Crippen LogP contribution >= 0.6 is 0 Å². The highest BCUT2D eigenvalue weighted by Gasteiger charge is 2.17. The Morgan fingerprint density at radius 3 is 2.67 bits per heavy atom. The molecule has 5 nitrogen and oxygen atoms in total. The lowest BCUT2D eigenvalue weighted by atomic mass is 10.1. The summed E-state index contributed by atoms with van der Waals surface area (Å²) >= 11 is 0. The van der Waals surface area contributed by atoms with E-state index in [-0.39, 0.29) is 12.2 Å². The molecule has 0 atom stereocenters. The molecule has 6 heteroatoms. The molecule has 1 fully saturated rings. The molecule has 2 heterocycles. The van der Waals surface area contributed by atoms with Gasteiger partial charge < -0.3 is 14.7 Å². The zero-order valence-corrected chi connectivity index (χ0v) is 11.6. The van der Waals surface area contributed by atoms with E-state index in [1.54, 1.807) is 18.2 Å².